The summed E-state index contributed by atoms with van der Waals surface area (Å²) in [6, 6.07) is 5.64. The minimum absolute atomic E-state index is 0.0788. The maximum atomic E-state index is 12.7. The highest BCUT2D eigenvalue weighted by Gasteiger charge is 2.23. The molecule has 1 aromatic rings. The van der Waals surface area contributed by atoms with Crippen molar-refractivity contribution >= 4 is 5.91 Å². The summed E-state index contributed by atoms with van der Waals surface area (Å²) in [5.74, 6) is -0.123. The van der Waals surface area contributed by atoms with Gasteiger partial charge < -0.3 is 10.1 Å². The Morgan fingerprint density at radius 3 is 2.76 bits per heavy atom. The van der Waals surface area contributed by atoms with E-state index in [1.165, 1.54) is 24.3 Å². The lowest BCUT2D eigenvalue weighted by molar-refractivity contribution is 0.0922. The largest absolute Gasteiger partial charge is 0.381 e. The number of nitrogens with one attached hydrogen (secondary N) is 1. The van der Waals surface area contributed by atoms with Crippen LogP contribution < -0.4 is 5.32 Å². The summed E-state index contributed by atoms with van der Waals surface area (Å²) in [5.41, 5.74) is 0.483. The van der Waals surface area contributed by atoms with E-state index in [9.17, 15) is 9.18 Å². The number of hydrogen-bond donors (Lipinski definition) is 1. The van der Waals surface area contributed by atoms with Crippen LogP contribution in [-0.4, -0.2) is 25.2 Å². The zero-order chi connectivity index (χ0) is 12.3. The molecule has 4 heteroatoms. The summed E-state index contributed by atoms with van der Waals surface area (Å²) < 4.78 is 18.0. The average molecular weight is 237 g/mol. The van der Waals surface area contributed by atoms with Gasteiger partial charge in [0.15, 0.2) is 0 Å². The minimum atomic E-state index is -0.334. The molecule has 0 spiro atoms. The smallest absolute Gasteiger partial charge is 0.251 e. The number of halogens is 1. The van der Waals surface area contributed by atoms with Gasteiger partial charge in [-0.1, -0.05) is 0 Å². The van der Waals surface area contributed by atoms with E-state index in [-0.39, 0.29) is 17.8 Å². The summed E-state index contributed by atoms with van der Waals surface area (Å²) in [6.07, 6.45) is 0.977. The topological polar surface area (TPSA) is 38.3 Å². The molecule has 1 heterocycles. The summed E-state index contributed by atoms with van der Waals surface area (Å²) in [7, 11) is 0. The van der Waals surface area contributed by atoms with Gasteiger partial charge >= 0.3 is 0 Å². The van der Waals surface area contributed by atoms with Crippen molar-refractivity contribution in [3.63, 3.8) is 0 Å². The summed E-state index contributed by atoms with van der Waals surface area (Å²) in [5, 5.41) is 2.92. The van der Waals surface area contributed by atoms with E-state index in [1.807, 2.05) is 6.92 Å². The molecule has 1 fully saturated rings. The highest BCUT2D eigenvalue weighted by atomic mass is 19.1. The van der Waals surface area contributed by atoms with Gasteiger partial charge in [0.2, 0.25) is 0 Å². The molecule has 2 rings (SSSR count). The Morgan fingerprint density at radius 1 is 1.47 bits per heavy atom. The van der Waals surface area contributed by atoms with E-state index >= 15 is 0 Å². The first kappa shape index (κ1) is 12.0. The fourth-order valence-corrected chi connectivity index (χ4v) is 1.96. The molecular weight excluding hydrogens is 221 g/mol. The van der Waals surface area contributed by atoms with Gasteiger partial charge in [0.1, 0.15) is 5.82 Å². The van der Waals surface area contributed by atoms with Gasteiger partial charge in [-0.25, -0.2) is 4.39 Å². The fraction of sp³-hybridized carbons (Fsp3) is 0.462. The molecule has 1 saturated heterocycles. The van der Waals surface area contributed by atoms with Crippen molar-refractivity contribution < 1.29 is 13.9 Å². The van der Waals surface area contributed by atoms with Crippen molar-refractivity contribution in [2.24, 2.45) is 5.92 Å². The molecule has 1 N–H and O–H groups in total. The van der Waals surface area contributed by atoms with E-state index in [0.29, 0.717) is 18.1 Å². The molecular formula is C13H16FNO2. The van der Waals surface area contributed by atoms with E-state index in [1.54, 1.807) is 0 Å². The summed E-state index contributed by atoms with van der Waals surface area (Å²) in [6.45, 7) is 3.44. The molecule has 0 aromatic heterocycles. The number of carbonyl (C=O) groups is 1. The Labute approximate surface area is 100.0 Å². The monoisotopic (exact) mass is 237 g/mol. The molecule has 0 bridgehead atoms. The molecule has 0 radical (unpaired) electrons. The Balaban J connectivity index is 1.94. The van der Waals surface area contributed by atoms with Crippen molar-refractivity contribution in [1.82, 2.24) is 5.32 Å². The molecule has 92 valence electrons. The van der Waals surface area contributed by atoms with Crippen LogP contribution >= 0.6 is 0 Å². The number of carbonyl (C=O) groups excluding carboxylic acids is 1. The number of ether oxygens (including phenoxy) is 1. The number of rotatable bonds is 3. The first-order valence-corrected chi connectivity index (χ1v) is 5.81. The third-order valence-electron chi connectivity index (χ3n) is 3.14. The van der Waals surface area contributed by atoms with Crippen LogP contribution in [-0.2, 0) is 4.74 Å². The highest BCUT2D eigenvalue weighted by Crippen LogP contribution is 2.16. The molecule has 2 unspecified atom stereocenters. The van der Waals surface area contributed by atoms with Gasteiger partial charge in [0.05, 0.1) is 6.61 Å². The molecule has 17 heavy (non-hydrogen) atoms. The van der Waals surface area contributed by atoms with Crippen LogP contribution in [0.3, 0.4) is 0 Å². The van der Waals surface area contributed by atoms with E-state index in [4.69, 9.17) is 4.74 Å². The molecule has 1 aromatic carbocycles. The zero-order valence-corrected chi connectivity index (χ0v) is 9.78. The fourth-order valence-electron chi connectivity index (χ4n) is 1.96. The number of amides is 1. The lowest BCUT2D eigenvalue weighted by atomic mass is 10.0. The van der Waals surface area contributed by atoms with E-state index in [0.717, 1.165) is 13.0 Å². The molecule has 3 nitrogen and oxygen atoms in total. The molecule has 1 amide bonds. The second kappa shape index (κ2) is 5.27. The third kappa shape index (κ3) is 3.03. The molecule has 0 aliphatic carbocycles. The Hall–Kier alpha value is -1.42. The van der Waals surface area contributed by atoms with Crippen molar-refractivity contribution in [2.75, 3.05) is 13.2 Å². The maximum Gasteiger partial charge on any atom is 0.251 e. The SMILES string of the molecule is CC(NC(=O)c1ccc(F)cc1)C1CCOC1. The lowest BCUT2D eigenvalue weighted by Gasteiger charge is -2.19. The molecule has 2 atom stereocenters. The Morgan fingerprint density at radius 2 is 2.18 bits per heavy atom. The molecule has 1 aliphatic heterocycles. The first-order valence-electron chi connectivity index (χ1n) is 5.81. The zero-order valence-electron chi connectivity index (χ0n) is 9.78. The van der Waals surface area contributed by atoms with Crippen molar-refractivity contribution in [2.45, 2.75) is 19.4 Å². The normalized spacial score (nSPS) is 21.2. The van der Waals surface area contributed by atoms with Crippen LogP contribution in [0, 0.1) is 11.7 Å². The van der Waals surface area contributed by atoms with Crippen LogP contribution in [0.25, 0.3) is 0 Å². The van der Waals surface area contributed by atoms with Crippen molar-refractivity contribution in [3.8, 4) is 0 Å². The number of benzene rings is 1. The van der Waals surface area contributed by atoms with Crippen LogP contribution in [0.4, 0.5) is 4.39 Å². The van der Waals surface area contributed by atoms with E-state index < -0.39 is 0 Å². The van der Waals surface area contributed by atoms with Crippen molar-refractivity contribution in [3.05, 3.63) is 35.6 Å². The van der Waals surface area contributed by atoms with E-state index in [2.05, 4.69) is 5.32 Å². The van der Waals surface area contributed by atoms with Gasteiger partial charge in [-0.2, -0.15) is 0 Å². The average Bonchev–Trinajstić information content (AvgIpc) is 2.83. The third-order valence-corrected chi connectivity index (χ3v) is 3.14. The Bertz CT molecular complexity index is 385. The maximum absolute atomic E-state index is 12.7. The van der Waals surface area contributed by atoms with Crippen molar-refractivity contribution in [1.29, 1.82) is 0 Å². The van der Waals surface area contributed by atoms with Crippen LogP contribution in [0.1, 0.15) is 23.7 Å². The predicted octanol–water partition coefficient (Wildman–Crippen LogP) is 1.98. The van der Waals surface area contributed by atoms with Crippen LogP contribution in [0.2, 0.25) is 0 Å². The van der Waals surface area contributed by atoms with Gasteiger partial charge in [0.25, 0.3) is 5.91 Å². The quantitative estimate of drug-likeness (QED) is 0.873. The van der Waals surface area contributed by atoms with Gasteiger partial charge in [-0.15, -0.1) is 0 Å². The lowest BCUT2D eigenvalue weighted by Crippen LogP contribution is -2.38. The van der Waals surface area contributed by atoms with Gasteiger partial charge in [-0.3, -0.25) is 4.79 Å². The predicted molar refractivity (Wildman–Crippen MR) is 62.3 cm³/mol. The standard InChI is InChI=1S/C13H16FNO2/c1-9(11-6-7-17-8-11)15-13(16)10-2-4-12(14)5-3-10/h2-5,9,11H,6-8H2,1H3,(H,15,16). The first-order chi connectivity index (χ1) is 8.16. The van der Waals surface area contributed by atoms with Gasteiger partial charge in [-0.05, 0) is 37.6 Å². The van der Waals surface area contributed by atoms with Crippen LogP contribution in [0.5, 0.6) is 0 Å². The molecule has 1 aliphatic rings. The highest BCUT2D eigenvalue weighted by molar-refractivity contribution is 5.94. The number of hydrogen-bond acceptors (Lipinski definition) is 2. The summed E-state index contributed by atoms with van der Waals surface area (Å²) >= 11 is 0. The molecule has 0 saturated carbocycles. The van der Waals surface area contributed by atoms with Gasteiger partial charge in [0, 0.05) is 24.1 Å². The second-order valence-electron chi connectivity index (χ2n) is 4.39. The second-order valence-corrected chi connectivity index (χ2v) is 4.39. The Kier molecular flexibility index (Phi) is 3.74. The summed E-state index contributed by atoms with van der Waals surface area (Å²) in [4.78, 5) is 11.8. The van der Waals surface area contributed by atoms with Crippen LogP contribution in [0.15, 0.2) is 24.3 Å². The minimum Gasteiger partial charge on any atom is -0.381 e.